The van der Waals surface area contributed by atoms with E-state index in [1.54, 1.807) is 4.90 Å². The molecule has 4 atom stereocenters. The second-order valence-electron chi connectivity index (χ2n) is 6.29. The third-order valence-electron chi connectivity index (χ3n) is 4.66. The molecule has 2 N–H and O–H groups in total. The Morgan fingerprint density at radius 2 is 2.05 bits per heavy atom. The number of β-amino-alcohol motifs (C(OH)–C–C–N with tert-alkyl or cyclic N) is 1. The zero-order valence-corrected chi connectivity index (χ0v) is 12.9. The van der Waals surface area contributed by atoms with E-state index in [-0.39, 0.29) is 24.5 Å². The summed E-state index contributed by atoms with van der Waals surface area (Å²) < 4.78 is 4.74. The van der Waals surface area contributed by atoms with Gasteiger partial charge in [0.05, 0.1) is 19.8 Å². The number of hydrogen-bond donors (Lipinski definition) is 2. The van der Waals surface area contributed by atoms with Crippen molar-refractivity contribution >= 4 is 11.9 Å². The van der Waals surface area contributed by atoms with Crippen LogP contribution in [0.2, 0.25) is 0 Å². The van der Waals surface area contributed by atoms with Gasteiger partial charge in [-0.2, -0.15) is 0 Å². The first kappa shape index (κ1) is 16.2. The summed E-state index contributed by atoms with van der Waals surface area (Å²) in [5.41, 5.74) is 0. The first-order valence-corrected chi connectivity index (χ1v) is 7.80. The maximum Gasteiger partial charge on any atom is 0.323 e. The zero-order chi connectivity index (χ0) is 15.4. The SMILES string of the molecule is COC(=O)C1CC(O)CN1CC(=O)NC1CCCCC1C. The summed E-state index contributed by atoms with van der Waals surface area (Å²) in [6.45, 7) is 2.65. The van der Waals surface area contributed by atoms with Crippen LogP contribution in [0.25, 0.3) is 0 Å². The Kier molecular flexibility index (Phi) is 5.58. The number of rotatable bonds is 4. The minimum Gasteiger partial charge on any atom is -0.468 e. The summed E-state index contributed by atoms with van der Waals surface area (Å²) in [4.78, 5) is 25.6. The molecule has 4 unspecified atom stereocenters. The lowest BCUT2D eigenvalue weighted by molar-refractivity contribution is -0.146. The third-order valence-corrected chi connectivity index (χ3v) is 4.66. The van der Waals surface area contributed by atoms with E-state index < -0.39 is 12.1 Å². The number of ether oxygens (including phenoxy) is 1. The Morgan fingerprint density at radius 1 is 1.33 bits per heavy atom. The summed E-state index contributed by atoms with van der Waals surface area (Å²) in [6.07, 6.45) is 4.32. The summed E-state index contributed by atoms with van der Waals surface area (Å²) in [5, 5.41) is 12.8. The lowest BCUT2D eigenvalue weighted by Gasteiger charge is -2.30. The number of nitrogens with zero attached hydrogens (tertiary/aromatic N) is 1. The second-order valence-corrected chi connectivity index (χ2v) is 6.29. The van der Waals surface area contributed by atoms with Crippen molar-refractivity contribution in [3.05, 3.63) is 0 Å². The molecule has 0 radical (unpaired) electrons. The Labute approximate surface area is 125 Å². The summed E-state index contributed by atoms with van der Waals surface area (Å²) in [6, 6.07) is -0.283. The molecule has 1 aliphatic heterocycles. The lowest BCUT2D eigenvalue weighted by atomic mass is 9.86. The molecule has 0 aromatic heterocycles. The van der Waals surface area contributed by atoms with Crippen LogP contribution in [0, 0.1) is 5.92 Å². The van der Waals surface area contributed by atoms with Gasteiger partial charge in [0, 0.05) is 19.0 Å². The van der Waals surface area contributed by atoms with Crippen LogP contribution in [0.1, 0.15) is 39.0 Å². The molecule has 120 valence electrons. The lowest BCUT2D eigenvalue weighted by Crippen LogP contribution is -2.48. The molecule has 1 aliphatic carbocycles. The maximum absolute atomic E-state index is 12.2. The predicted molar refractivity (Wildman–Crippen MR) is 77.6 cm³/mol. The van der Waals surface area contributed by atoms with Gasteiger partial charge in [-0.1, -0.05) is 19.8 Å². The molecule has 1 saturated carbocycles. The van der Waals surface area contributed by atoms with Gasteiger partial charge in [0.25, 0.3) is 0 Å². The molecule has 6 heteroatoms. The van der Waals surface area contributed by atoms with Gasteiger partial charge in [-0.25, -0.2) is 0 Å². The van der Waals surface area contributed by atoms with E-state index in [0.717, 1.165) is 19.3 Å². The van der Waals surface area contributed by atoms with Crippen LogP contribution in [0.4, 0.5) is 0 Å². The quantitative estimate of drug-likeness (QED) is 0.729. The molecule has 21 heavy (non-hydrogen) atoms. The van der Waals surface area contributed by atoms with Crippen molar-refractivity contribution in [2.75, 3.05) is 20.2 Å². The van der Waals surface area contributed by atoms with Gasteiger partial charge in [0.2, 0.25) is 5.91 Å². The van der Waals surface area contributed by atoms with Crippen LogP contribution in [-0.2, 0) is 14.3 Å². The average molecular weight is 298 g/mol. The zero-order valence-electron chi connectivity index (χ0n) is 12.9. The number of aliphatic hydroxyl groups is 1. The van der Waals surface area contributed by atoms with E-state index in [2.05, 4.69) is 12.2 Å². The predicted octanol–water partition coefficient (Wildman–Crippen LogP) is 0.290. The number of nitrogens with one attached hydrogen (secondary N) is 1. The van der Waals surface area contributed by atoms with E-state index in [1.165, 1.54) is 13.5 Å². The highest BCUT2D eigenvalue weighted by Gasteiger charge is 2.38. The van der Waals surface area contributed by atoms with Crippen molar-refractivity contribution < 1.29 is 19.4 Å². The standard InChI is InChI=1S/C15H26N2O4/c1-10-5-3-4-6-12(10)16-14(19)9-17-8-11(18)7-13(17)15(20)21-2/h10-13,18H,3-9H2,1-2H3,(H,16,19). The van der Waals surface area contributed by atoms with Crippen molar-refractivity contribution in [3.8, 4) is 0 Å². The molecule has 0 aromatic carbocycles. The molecule has 6 nitrogen and oxygen atoms in total. The number of hydrogen-bond acceptors (Lipinski definition) is 5. The van der Waals surface area contributed by atoms with Crippen LogP contribution in [0.3, 0.4) is 0 Å². The van der Waals surface area contributed by atoms with Crippen molar-refractivity contribution in [2.45, 2.75) is 57.2 Å². The van der Waals surface area contributed by atoms with Crippen LogP contribution >= 0.6 is 0 Å². The van der Waals surface area contributed by atoms with Gasteiger partial charge >= 0.3 is 5.97 Å². The van der Waals surface area contributed by atoms with E-state index in [4.69, 9.17) is 4.74 Å². The first-order valence-electron chi connectivity index (χ1n) is 7.80. The van der Waals surface area contributed by atoms with E-state index in [1.807, 2.05) is 0 Å². The second kappa shape index (κ2) is 7.22. The molecule has 1 saturated heterocycles. The van der Waals surface area contributed by atoms with Crippen molar-refractivity contribution in [2.24, 2.45) is 5.92 Å². The van der Waals surface area contributed by atoms with Crippen molar-refractivity contribution in [1.82, 2.24) is 10.2 Å². The first-order chi connectivity index (χ1) is 10.0. The molecule has 2 rings (SSSR count). The highest BCUT2D eigenvalue weighted by Crippen LogP contribution is 2.24. The monoisotopic (exact) mass is 298 g/mol. The molecule has 1 amide bonds. The van der Waals surface area contributed by atoms with Crippen molar-refractivity contribution in [1.29, 1.82) is 0 Å². The normalized spacial score (nSPS) is 33.7. The Morgan fingerprint density at radius 3 is 2.71 bits per heavy atom. The minimum absolute atomic E-state index is 0.0725. The number of esters is 1. The van der Waals surface area contributed by atoms with E-state index in [0.29, 0.717) is 18.9 Å². The topological polar surface area (TPSA) is 78.9 Å². The number of aliphatic hydroxyl groups excluding tert-OH is 1. The number of methoxy groups -OCH3 is 1. The molecule has 0 bridgehead atoms. The number of likely N-dealkylation sites (tertiary alicyclic amines) is 1. The molecule has 2 fully saturated rings. The summed E-state index contributed by atoms with van der Waals surface area (Å²) in [5.74, 6) is 0.0467. The van der Waals surface area contributed by atoms with Gasteiger partial charge in [0.1, 0.15) is 6.04 Å². The van der Waals surface area contributed by atoms with Gasteiger partial charge in [-0.05, 0) is 18.8 Å². The van der Waals surface area contributed by atoms with Gasteiger partial charge in [0.15, 0.2) is 0 Å². The van der Waals surface area contributed by atoms with Gasteiger partial charge in [-0.15, -0.1) is 0 Å². The van der Waals surface area contributed by atoms with Crippen LogP contribution < -0.4 is 5.32 Å². The van der Waals surface area contributed by atoms with Crippen molar-refractivity contribution in [3.63, 3.8) is 0 Å². The molecule has 2 aliphatic rings. The molecule has 1 heterocycles. The minimum atomic E-state index is -0.574. The van der Waals surface area contributed by atoms with E-state index in [9.17, 15) is 14.7 Å². The van der Waals surface area contributed by atoms with Crippen LogP contribution in [0.15, 0.2) is 0 Å². The summed E-state index contributed by atoms with van der Waals surface area (Å²) >= 11 is 0. The Balaban J connectivity index is 1.87. The highest BCUT2D eigenvalue weighted by atomic mass is 16.5. The number of amides is 1. The highest BCUT2D eigenvalue weighted by molar-refractivity contribution is 5.81. The number of carbonyl (C=O) groups excluding carboxylic acids is 2. The van der Waals surface area contributed by atoms with E-state index >= 15 is 0 Å². The summed E-state index contributed by atoms with van der Waals surface area (Å²) in [7, 11) is 1.33. The fourth-order valence-corrected chi connectivity index (χ4v) is 3.40. The largest absolute Gasteiger partial charge is 0.468 e. The maximum atomic E-state index is 12.2. The molecule has 0 aromatic rings. The fourth-order valence-electron chi connectivity index (χ4n) is 3.40. The van der Waals surface area contributed by atoms with Gasteiger partial charge in [-0.3, -0.25) is 14.5 Å². The average Bonchev–Trinajstić information content (AvgIpc) is 2.81. The number of carbonyl (C=O) groups is 2. The van der Waals surface area contributed by atoms with Crippen LogP contribution in [0.5, 0.6) is 0 Å². The van der Waals surface area contributed by atoms with Crippen LogP contribution in [-0.4, -0.2) is 60.3 Å². The smallest absolute Gasteiger partial charge is 0.323 e. The Bertz CT molecular complexity index is 388. The third kappa shape index (κ3) is 4.17. The van der Waals surface area contributed by atoms with Gasteiger partial charge < -0.3 is 15.2 Å². The molecular weight excluding hydrogens is 272 g/mol. The molecular formula is C15H26N2O4. The fraction of sp³-hybridized carbons (Fsp3) is 0.867. The molecule has 0 spiro atoms. The Hall–Kier alpha value is -1.14.